The number of hydrogen-bond acceptors (Lipinski definition) is 6. The predicted molar refractivity (Wildman–Crippen MR) is 93.3 cm³/mol. The van der Waals surface area contributed by atoms with E-state index in [-0.39, 0.29) is 18.1 Å². The van der Waals surface area contributed by atoms with Crippen LogP contribution in [0.4, 0.5) is 0 Å². The fourth-order valence-corrected chi connectivity index (χ4v) is 2.76. The first-order valence-corrected chi connectivity index (χ1v) is 8.53. The van der Waals surface area contributed by atoms with Gasteiger partial charge in [-0.15, -0.1) is 0 Å². The summed E-state index contributed by atoms with van der Waals surface area (Å²) in [5.41, 5.74) is 1.37. The number of nitrogens with one attached hydrogen (secondary N) is 1. The van der Waals surface area contributed by atoms with E-state index in [1.807, 2.05) is 0 Å². The van der Waals surface area contributed by atoms with Gasteiger partial charge >= 0.3 is 0 Å². The number of hydrogen-bond donors (Lipinski definition) is 1. The Bertz CT molecular complexity index is 759. The van der Waals surface area contributed by atoms with Crippen LogP contribution in [0.15, 0.2) is 42.9 Å². The third-order valence-electron chi connectivity index (χ3n) is 4.15. The third-order valence-corrected chi connectivity index (χ3v) is 4.15. The normalized spacial score (nSPS) is 19.3. The Morgan fingerprint density at radius 3 is 2.92 bits per heavy atom. The number of aromatic nitrogens is 2. The number of carbonyl (C=O) groups excluding carboxylic acids is 1. The molecule has 0 spiro atoms. The van der Waals surface area contributed by atoms with E-state index in [9.17, 15) is 4.79 Å². The molecule has 1 aliphatic heterocycles. The maximum absolute atomic E-state index is 12.3. The van der Waals surface area contributed by atoms with Crippen molar-refractivity contribution in [1.29, 1.82) is 5.26 Å². The summed E-state index contributed by atoms with van der Waals surface area (Å²) < 4.78 is 11.5. The molecule has 0 radical (unpaired) electrons. The van der Waals surface area contributed by atoms with Crippen molar-refractivity contribution in [2.24, 2.45) is 0 Å². The van der Waals surface area contributed by atoms with E-state index >= 15 is 0 Å². The Labute approximate surface area is 152 Å². The molecule has 2 aromatic rings. The fourth-order valence-electron chi connectivity index (χ4n) is 2.76. The number of benzene rings is 1. The Kier molecular flexibility index (Phi) is 6.12. The summed E-state index contributed by atoms with van der Waals surface area (Å²) in [6, 6.07) is 8.86. The van der Waals surface area contributed by atoms with Gasteiger partial charge < -0.3 is 14.8 Å². The first-order chi connectivity index (χ1) is 12.7. The summed E-state index contributed by atoms with van der Waals surface area (Å²) in [6.45, 7) is 0.997. The van der Waals surface area contributed by atoms with Crippen molar-refractivity contribution in [2.75, 3.05) is 13.2 Å². The number of nitriles is 1. The van der Waals surface area contributed by atoms with Crippen LogP contribution in [0.25, 0.3) is 0 Å². The minimum atomic E-state index is -0.267. The molecule has 1 aromatic carbocycles. The highest BCUT2D eigenvalue weighted by molar-refractivity contribution is 5.76. The van der Waals surface area contributed by atoms with Gasteiger partial charge in [0, 0.05) is 31.6 Å². The first kappa shape index (κ1) is 17.8. The van der Waals surface area contributed by atoms with Crippen LogP contribution in [0.2, 0.25) is 0 Å². The molecular formula is C19H20N4O3. The van der Waals surface area contributed by atoms with Gasteiger partial charge in [-0.25, -0.2) is 0 Å². The van der Waals surface area contributed by atoms with Crippen LogP contribution < -0.4 is 10.1 Å². The molecule has 26 heavy (non-hydrogen) atoms. The molecule has 1 aromatic heterocycles. The molecule has 2 heterocycles. The number of amides is 1. The Morgan fingerprint density at radius 1 is 1.35 bits per heavy atom. The number of rotatable bonds is 6. The highest BCUT2D eigenvalue weighted by Gasteiger charge is 2.28. The summed E-state index contributed by atoms with van der Waals surface area (Å²) in [4.78, 5) is 20.4. The topological polar surface area (TPSA) is 97.1 Å². The maximum Gasteiger partial charge on any atom is 0.220 e. The van der Waals surface area contributed by atoms with Crippen LogP contribution in [-0.4, -0.2) is 41.2 Å². The lowest BCUT2D eigenvalue weighted by molar-refractivity contribution is -0.123. The Hall–Kier alpha value is -2.98. The van der Waals surface area contributed by atoms with Gasteiger partial charge in [-0.3, -0.25) is 14.8 Å². The van der Waals surface area contributed by atoms with Crippen LogP contribution >= 0.6 is 0 Å². The van der Waals surface area contributed by atoms with Gasteiger partial charge in [0.25, 0.3) is 0 Å². The zero-order chi connectivity index (χ0) is 18.2. The van der Waals surface area contributed by atoms with Gasteiger partial charge in [-0.05, 0) is 37.1 Å². The van der Waals surface area contributed by atoms with Crippen molar-refractivity contribution in [2.45, 2.75) is 31.4 Å². The van der Waals surface area contributed by atoms with Crippen molar-refractivity contribution >= 4 is 5.91 Å². The lowest BCUT2D eigenvalue weighted by Gasteiger charge is -2.32. The molecular weight excluding hydrogens is 332 g/mol. The minimum absolute atomic E-state index is 0.0454. The van der Waals surface area contributed by atoms with Gasteiger partial charge in [0.05, 0.1) is 30.0 Å². The van der Waals surface area contributed by atoms with E-state index in [1.165, 1.54) is 0 Å². The van der Waals surface area contributed by atoms with E-state index in [2.05, 4.69) is 21.4 Å². The lowest BCUT2D eigenvalue weighted by Crippen LogP contribution is -2.51. The number of nitrogens with zero attached hydrogens (tertiary/aromatic N) is 3. The standard InChI is InChI=1S/C19H20N4O3/c20-11-14-1-4-16(5-2-14)26-18-13-25-10-7-17(18)23-19(24)6-3-15-12-21-8-9-22-15/h1-2,4-5,8-9,12,17-18H,3,6-7,10,13H2,(H,23,24)/t17-,18-/m1/s1. The second kappa shape index (κ2) is 8.92. The molecule has 1 saturated heterocycles. The van der Waals surface area contributed by atoms with Crippen molar-refractivity contribution in [1.82, 2.24) is 15.3 Å². The number of ether oxygens (including phenoxy) is 2. The van der Waals surface area contributed by atoms with Crippen LogP contribution in [-0.2, 0) is 16.0 Å². The monoisotopic (exact) mass is 352 g/mol. The van der Waals surface area contributed by atoms with E-state index in [4.69, 9.17) is 14.7 Å². The molecule has 7 heteroatoms. The molecule has 1 aliphatic rings. The van der Waals surface area contributed by atoms with E-state index < -0.39 is 0 Å². The smallest absolute Gasteiger partial charge is 0.220 e. The van der Waals surface area contributed by atoms with Gasteiger partial charge in [0.2, 0.25) is 5.91 Å². The summed E-state index contributed by atoms with van der Waals surface area (Å²) in [5.74, 6) is 0.606. The van der Waals surface area contributed by atoms with E-state index in [0.717, 1.165) is 5.69 Å². The number of carbonyl (C=O) groups is 1. The van der Waals surface area contributed by atoms with Gasteiger partial charge in [0.15, 0.2) is 0 Å². The summed E-state index contributed by atoms with van der Waals surface area (Å²) in [7, 11) is 0. The molecule has 0 bridgehead atoms. The molecule has 2 atom stereocenters. The number of aryl methyl sites for hydroxylation is 1. The molecule has 134 valence electrons. The van der Waals surface area contributed by atoms with Crippen molar-refractivity contribution < 1.29 is 14.3 Å². The summed E-state index contributed by atoms with van der Waals surface area (Å²) >= 11 is 0. The fraction of sp³-hybridized carbons (Fsp3) is 0.368. The molecule has 0 unspecified atom stereocenters. The third kappa shape index (κ3) is 5.01. The first-order valence-electron chi connectivity index (χ1n) is 8.53. The van der Waals surface area contributed by atoms with Crippen LogP contribution in [0.5, 0.6) is 5.75 Å². The minimum Gasteiger partial charge on any atom is -0.486 e. The highest BCUT2D eigenvalue weighted by Crippen LogP contribution is 2.18. The summed E-state index contributed by atoms with van der Waals surface area (Å²) in [6.07, 6.45) is 6.21. The maximum atomic E-state index is 12.3. The molecule has 3 rings (SSSR count). The average molecular weight is 352 g/mol. The van der Waals surface area contributed by atoms with Crippen molar-refractivity contribution in [3.05, 3.63) is 54.1 Å². The quantitative estimate of drug-likeness (QED) is 0.849. The van der Waals surface area contributed by atoms with Crippen LogP contribution in [0, 0.1) is 11.3 Å². The molecule has 1 fully saturated rings. The summed E-state index contributed by atoms with van der Waals surface area (Å²) in [5, 5.41) is 11.9. The van der Waals surface area contributed by atoms with Crippen molar-refractivity contribution in [3.63, 3.8) is 0 Å². The largest absolute Gasteiger partial charge is 0.486 e. The molecule has 0 aliphatic carbocycles. The zero-order valence-electron chi connectivity index (χ0n) is 14.3. The van der Waals surface area contributed by atoms with Gasteiger partial charge in [-0.1, -0.05) is 0 Å². The Balaban J connectivity index is 1.54. The van der Waals surface area contributed by atoms with E-state index in [0.29, 0.717) is 43.8 Å². The zero-order valence-corrected chi connectivity index (χ0v) is 14.3. The Morgan fingerprint density at radius 2 is 2.19 bits per heavy atom. The predicted octanol–water partition coefficient (Wildman–Crippen LogP) is 1.63. The van der Waals surface area contributed by atoms with Crippen molar-refractivity contribution in [3.8, 4) is 11.8 Å². The second-order valence-electron chi connectivity index (χ2n) is 6.03. The van der Waals surface area contributed by atoms with E-state index in [1.54, 1.807) is 42.9 Å². The molecule has 0 saturated carbocycles. The molecule has 1 amide bonds. The second-order valence-corrected chi connectivity index (χ2v) is 6.03. The van der Waals surface area contributed by atoms with Gasteiger partial charge in [0.1, 0.15) is 11.9 Å². The highest BCUT2D eigenvalue weighted by atomic mass is 16.5. The molecule has 7 nitrogen and oxygen atoms in total. The SMILES string of the molecule is N#Cc1ccc(O[C@@H]2COCC[C@H]2NC(=O)CCc2cnccn2)cc1. The van der Waals surface area contributed by atoms with Crippen LogP contribution in [0.3, 0.4) is 0 Å². The van der Waals surface area contributed by atoms with Crippen LogP contribution in [0.1, 0.15) is 24.1 Å². The average Bonchev–Trinajstić information content (AvgIpc) is 2.69. The van der Waals surface area contributed by atoms with Gasteiger partial charge in [-0.2, -0.15) is 5.26 Å². The lowest BCUT2D eigenvalue weighted by atomic mass is 10.1. The molecule has 1 N–H and O–H groups in total.